The Hall–Kier alpha value is -2.40. The fourth-order valence-electron chi connectivity index (χ4n) is 4.96. The SMILES string of the molecule is CN(c1ncnc2[nH]ccc12)[C@@H]1C[C@@H]2CN(Cc3ccccc3)C[C@@H]2C1. The van der Waals surface area contributed by atoms with Crippen LogP contribution in [0.4, 0.5) is 5.82 Å². The van der Waals surface area contributed by atoms with Gasteiger partial charge < -0.3 is 9.88 Å². The Bertz CT molecular complexity index is 876. The van der Waals surface area contributed by atoms with E-state index in [1.165, 1.54) is 31.5 Å². The van der Waals surface area contributed by atoms with Crippen molar-refractivity contribution in [3.63, 3.8) is 0 Å². The van der Waals surface area contributed by atoms with Crippen LogP contribution in [0, 0.1) is 11.8 Å². The van der Waals surface area contributed by atoms with Crippen molar-refractivity contribution in [3.05, 3.63) is 54.5 Å². The van der Waals surface area contributed by atoms with Crippen molar-refractivity contribution in [1.29, 1.82) is 0 Å². The van der Waals surface area contributed by atoms with E-state index in [1.807, 2.05) is 6.20 Å². The zero-order valence-electron chi connectivity index (χ0n) is 15.2. The van der Waals surface area contributed by atoms with Gasteiger partial charge in [0, 0.05) is 38.9 Å². The molecule has 0 unspecified atom stereocenters. The van der Waals surface area contributed by atoms with Crippen molar-refractivity contribution >= 4 is 16.9 Å². The van der Waals surface area contributed by atoms with Gasteiger partial charge in [-0.25, -0.2) is 9.97 Å². The second kappa shape index (κ2) is 6.40. The third-order valence-corrected chi connectivity index (χ3v) is 6.27. The summed E-state index contributed by atoms with van der Waals surface area (Å²) in [7, 11) is 2.20. The van der Waals surface area contributed by atoms with Crippen LogP contribution >= 0.6 is 0 Å². The van der Waals surface area contributed by atoms with E-state index in [4.69, 9.17) is 0 Å². The molecule has 134 valence electrons. The molecule has 0 amide bonds. The Morgan fingerprint density at radius 2 is 1.85 bits per heavy atom. The molecule has 3 aromatic rings. The van der Waals surface area contributed by atoms with Crippen LogP contribution in [0.25, 0.3) is 11.0 Å². The Morgan fingerprint density at radius 3 is 2.62 bits per heavy atom. The number of aromatic amines is 1. The lowest BCUT2D eigenvalue weighted by atomic mass is 10.0. The van der Waals surface area contributed by atoms with Gasteiger partial charge in [-0.3, -0.25) is 4.90 Å². The first-order valence-corrected chi connectivity index (χ1v) is 9.55. The zero-order valence-corrected chi connectivity index (χ0v) is 15.2. The van der Waals surface area contributed by atoms with E-state index >= 15 is 0 Å². The maximum atomic E-state index is 4.57. The highest BCUT2D eigenvalue weighted by atomic mass is 15.2. The Kier molecular flexibility index (Phi) is 3.89. The fraction of sp³-hybridized carbons (Fsp3) is 0.429. The van der Waals surface area contributed by atoms with Gasteiger partial charge >= 0.3 is 0 Å². The second-order valence-electron chi connectivity index (χ2n) is 7.87. The normalized spacial score (nSPS) is 25.7. The molecule has 3 heterocycles. The van der Waals surface area contributed by atoms with Crippen molar-refractivity contribution in [2.24, 2.45) is 11.8 Å². The highest BCUT2D eigenvalue weighted by Crippen LogP contribution is 2.41. The summed E-state index contributed by atoms with van der Waals surface area (Å²) in [5, 5.41) is 1.12. The van der Waals surface area contributed by atoms with Crippen LogP contribution < -0.4 is 4.90 Å². The molecule has 3 atom stereocenters. The van der Waals surface area contributed by atoms with Crippen LogP contribution in [-0.2, 0) is 6.54 Å². The number of anilines is 1. The summed E-state index contributed by atoms with van der Waals surface area (Å²) in [4.78, 5) is 17.1. The van der Waals surface area contributed by atoms with Gasteiger partial charge in [-0.15, -0.1) is 0 Å². The molecule has 2 aliphatic rings. The molecule has 5 rings (SSSR count). The van der Waals surface area contributed by atoms with Crippen molar-refractivity contribution in [3.8, 4) is 0 Å². The van der Waals surface area contributed by atoms with Gasteiger partial charge in [-0.05, 0) is 36.3 Å². The van der Waals surface area contributed by atoms with Crippen LogP contribution in [0.2, 0.25) is 0 Å². The summed E-state index contributed by atoms with van der Waals surface area (Å²) in [6.45, 7) is 3.55. The zero-order chi connectivity index (χ0) is 17.5. The molecule has 1 saturated carbocycles. The Labute approximate surface area is 154 Å². The van der Waals surface area contributed by atoms with E-state index in [1.54, 1.807) is 6.33 Å². The maximum absolute atomic E-state index is 4.57. The minimum Gasteiger partial charge on any atom is -0.356 e. The number of hydrogen-bond donors (Lipinski definition) is 1. The van der Waals surface area contributed by atoms with Gasteiger partial charge in [0.25, 0.3) is 0 Å². The molecule has 1 aliphatic heterocycles. The monoisotopic (exact) mass is 347 g/mol. The van der Waals surface area contributed by atoms with Crippen LogP contribution in [0.5, 0.6) is 0 Å². The Balaban J connectivity index is 1.26. The third-order valence-electron chi connectivity index (χ3n) is 6.27. The summed E-state index contributed by atoms with van der Waals surface area (Å²) in [5.74, 6) is 2.69. The minimum absolute atomic E-state index is 0.580. The van der Waals surface area contributed by atoms with Crippen molar-refractivity contribution in [2.45, 2.75) is 25.4 Å². The second-order valence-corrected chi connectivity index (χ2v) is 7.87. The maximum Gasteiger partial charge on any atom is 0.142 e. The molecule has 1 aliphatic carbocycles. The molecule has 5 nitrogen and oxygen atoms in total. The number of fused-ring (bicyclic) bond motifs is 2. The standard InChI is InChI=1S/C21H25N5/c1-25(21-19-7-8-22-20(19)23-14-24-21)18-9-16-12-26(13-17(16)10-18)11-15-5-3-2-4-6-15/h2-8,14,16-18H,9-13H2,1H3,(H,22,23,24)/t16-,17+,18-. The van der Waals surface area contributed by atoms with Crippen molar-refractivity contribution in [1.82, 2.24) is 19.9 Å². The van der Waals surface area contributed by atoms with Gasteiger partial charge in [0.1, 0.15) is 17.8 Å². The van der Waals surface area contributed by atoms with Gasteiger partial charge in [0.15, 0.2) is 0 Å². The number of nitrogens with one attached hydrogen (secondary N) is 1. The molecular weight excluding hydrogens is 322 g/mol. The number of likely N-dealkylation sites (tertiary alicyclic amines) is 1. The van der Waals surface area contributed by atoms with Crippen molar-refractivity contribution < 1.29 is 0 Å². The van der Waals surface area contributed by atoms with Crippen LogP contribution in [0.1, 0.15) is 18.4 Å². The summed E-state index contributed by atoms with van der Waals surface area (Å²) in [6, 6.07) is 13.5. The topological polar surface area (TPSA) is 48.1 Å². The molecule has 1 N–H and O–H groups in total. The number of hydrogen-bond acceptors (Lipinski definition) is 4. The minimum atomic E-state index is 0.580. The lowest BCUT2D eigenvalue weighted by Gasteiger charge is -2.28. The van der Waals surface area contributed by atoms with Crippen molar-refractivity contribution in [2.75, 3.05) is 25.0 Å². The molecule has 2 aromatic heterocycles. The summed E-state index contributed by atoms with van der Waals surface area (Å²) >= 11 is 0. The molecule has 0 bridgehead atoms. The van der Waals surface area contributed by atoms with E-state index in [0.29, 0.717) is 6.04 Å². The number of aromatic nitrogens is 3. The molecule has 0 spiro atoms. The van der Waals surface area contributed by atoms with E-state index in [-0.39, 0.29) is 0 Å². The summed E-state index contributed by atoms with van der Waals surface area (Å²) < 4.78 is 0. The number of benzene rings is 1. The smallest absolute Gasteiger partial charge is 0.142 e. The predicted molar refractivity (Wildman–Crippen MR) is 104 cm³/mol. The first-order chi connectivity index (χ1) is 12.8. The van der Waals surface area contributed by atoms with Crippen LogP contribution in [-0.4, -0.2) is 46.0 Å². The first-order valence-electron chi connectivity index (χ1n) is 9.55. The number of nitrogens with zero attached hydrogens (tertiary/aromatic N) is 4. The van der Waals surface area contributed by atoms with Gasteiger partial charge in [-0.2, -0.15) is 0 Å². The highest BCUT2D eigenvalue weighted by Gasteiger charge is 2.42. The first kappa shape index (κ1) is 15.8. The largest absolute Gasteiger partial charge is 0.356 e. The molecular formula is C21H25N5. The lowest BCUT2D eigenvalue weighted by Crippen LogP contribution is -2.32. The Morgan fingerprint density at radius 1 is 1.08 bits per heavy atom. The predicted octanol–water partition coefficient (Wildman–Crippen LogP) is 3.30. The molecule has 1 aromatic carbocycles. The van der Waals surface area contributed by atoms with Gasteiger partial charge in [-0.1, -0.05) is 30.3 Å². The lowest BCUT2D eigenvalue weighted by molar-refractivity contribution is 0.298. The number of rotatable bonds is 4. The highest BCUT2D eigenvalue weighted by molar-refractivity contribution is 5.87. The van der Waals surface area contributed by atoms with E-state index < -0.39 is 0 Å². The fourth-order valence-corrected chi connectivity index (χ4v) is 4.96. The molecule has 1 saturated heterocycles. The van der Waals surface area contributed by atoms with E-state index in [2.05, 4.69) is 68.2 Å². The number of H-pyrrole nitrogens is 1. The summed E-state index contributed by atoms with van der Waals surface area (Å²) in [6.07, 6.45) is 6.15. The van der Waals surface area contributed by atoms with Gasteiger partial charge in [0.05, 0.1) is 5.39 Å². The summed E-state index contributed by atoms with van der Waals surface area (Å²) in [5.41, 5.74) is 2.35. The molecule has 26 heavy (non-hydrogen) atoms. The van der Waals surface area contributed by atoms with Crippen LogP contribution in [0.3, 0.4) is 0 Å². The van der Waals surface area contributed by atoms with E-state index in [0.717, 1.165) is 35.2 Å². The van der Waals surface area contributed by atoms with Gasteiger partial charge in [0.2, 0.25) is 0 Å². The molecule has 2 fully saturated rings. The quantitative estimate of drug-likeness (QED) is 0.787. The van der Waals surface area contributed by atoms with Crippen LogP contribution in [0.15, 0.2) is 48.9 Å². The third kappa shape index (κ3) is 2.76. The molecule has 5 heteroatoms. The van der Waals surface area contributed by atoms with E-state index in [9.17, 15) is 0 Å². The average Bonchev–Trinajstić information content (AvgIpc) is 3.35. The molecule has 0 radical (unpaired) electrons. The average molecular weight is 347 g/mol.